The van der Waals surface area contributed by atoms with Crippen molar-refractivity contribution in [2.45, 2.75) is 39.2 Å². The normalized spacial score (nSPS) is 20.8. The summed E-state index contributed by atoms with van der Waals surface area (Å²) < 4.78 is 5.07. The summed E-state index contributed by atoms with van der Waals surface area (Å²) in [7, 11) is 0. The molecule has 0 unspecified atom stereocenters. The third kappa shape index (κ3) is 6.26. The lowest BCUT2D eigenvalue weighted by Crippen LogP contribution is -3.14. The van der Waals surface area contributed by atoms with Crippen molar-refractivity contribution in [3.63, 3.8) is 0 Å². The minimum absolute atomic E-state index is 0.0433. The van der Waals surface area contributed by atoms with Gasteiger partial charge in [0, 0.05) is 12.8 Å². The van der Waals surface area contributed by atoms with Gasteiger partial charge >= 0.3 is 5.97 Å². The van der Waals surface area contributed by atoms with Crippen molar-refractivity contribution in [3.05, 3.63) is 35.9 Å². The Morgan fingerprint density at radius 1 is 1.19 bits per heavy atom. The number of carbonyl (C=O) groups is 3. The molecule has 1 aromatic rings. The van der Waals surface area contributed by atoms with Crippen LogP contribution in [0, 0.1) is 5.92 Å². The number of ether oxygens (including phenoxy) is 1. The number of hydrogen-bond donors (Lipinski definition) is 2. The largest absolute Gasteiger partial charge is 0.466 e. The lowest BCUT2D eigenvalue weighted by molar-refractivity contribution is -0.897. The SMILES string of the molecule is CCOC(=O)C1CC[NH+](CC(=O)N[C@@H](Cc2ccccc2)C(C)=O)CC1. The molecule has 26 heavy (non-hydrogen) atoms. The highest BCUT2D eigenvalue weighted by atomic mass is 16.5. The summed E-state index contributed by atoms with van der Waals surface area (Å²) in [5, 5.41) is 2.87. The number of ketones is 1. The molecule has 6 nitrogen and oxygen atoms in total. The Balaban J connectivity index is 1.80. The highest BCUT2D eigenvalue weighted by Crippen LogP contribution is 2.11. The predicted octanol–water partition coefficient (Wildman–Crippen LogP) is 0.161. The van der Waals surface area contributed by atoms with E-state index in [0.29, 0.717) is 19.6 Å². The van der Waals surface area contributed by atoms with Crippen LogP contribution in [0.5, 0.6) is 0 Å². The molecule has 1 amide bonds. The van der Waals surface area contributed by atoms with Crippen molar-refractivity contribution in [1.29, 1.82) is 0 Å². The van der Waals surface area contributed by atoms with Crippen LogP contribution in [0.2, 0.25) is 0 Å². The average Bonchev–Trinajstić information content (AvgIpc) is 2.62. The fourth-order valence-electron chi connectivity index (χ4n) is 3.32. The van der Waals surface area contributed by atoms with Gasteiger partial charge in [-0.3, -0.25) is 14.4 Å². The number of Topliss-reactive ketones (excluding diaryl/α,β-unsaturated/α-hetero) is 1. The van der Waals surface area contributed by atoms with Crippen LogP contribution >= 0.6 is 0 Å². The molecule has 1 atom stereocenters. The summed E-state index contributed by atoms with van der Waals surface area (Å²) in [5.74, 6) is -0.343. The van der Waals surface area contributed by atoms with Gasteiger partial charge in [-0.05, 0) is 25.8 Å². The molecule has 2 rings (SSSR count). The van der Waals surface area contributed by atoms with Crippen molar-refractivity contribution in [2.75, 3.05) is 26.2 Å². The Hall–Kier alpha value is -2.21. The van der Waals surface area contributed by atoms with Crippen molar-refractivity contribution in [1.82, 2.24) is 5.32 Å². The summed E-state index contributed by atoms with van der Waals surface area (Å²) in [6.45, 7) is 5.58. The quantitative estimate of drug-likeness (QED) is 0.647. The number of likely N-dealkylation sites (tertiary alicyclic amines) is 1. The zero-order valence-electron chi connectivity index (χ0n) is 15.6. The first-order valence-electron chi connectivity index (χ1n) is 9.33. The molecular weight excluding hydrogens is 332 g/mol. The third-order valence-electron chi connectivity index (χ3n) is 4.83. The van der Waals surface area contributed by atoms with Crippen LogP contribution < -0.4 is 10.2 Å². The van der Waals surface area contributed by atoms with E-state index in [4.69, 9.17) is 4.74 Å². The van der Waals surface area contributed by atoms with E-state index in [2.05, 4.69) is 5.32 Å². The Morgan fingerprint density at radius 2 is 1.85 bits per heavy atom. The first kappa shape index (κ1) is 20.1. The molecule has 1 heterocycles. The molecule has 1 aromatic carbocycles. The number of amides is 1. The van der Waals surface area contributed by atoms with Gasteiger partial charge in [-0.15, -0.1) is 0 Å². The third-order valence-corrected chi connectivity index (χ3v) is 4.83. The van der Waals surface area contributed by atoms with Crippen LogP contribution in [0.15, 0.2) is 30.3 Å². The lowest BCUT2D eigenvalue weighted by atomic mass is 9.97. The molecule has 0 radical (unpaired) electrons. The van der Waals surface area contributed by atoms with Crippen LogP contribution in [-0.2, 0) is 25.5 Å². The van der Waals surface area contributed by atoms with E-state index in [-0.39, 0.29) is 23.6 Å². The van der Waals surface area contributed by atoms with Crippen LogP contribution in [-0.4, -0.2) is 49.9 Å². The van der Waals surface area contributed by atoms with Gasteiger partial charge in [-0.1, -0.05) is 30.3 Å². The molecule has 6 heteroatoms. The van der Waals surface area contributed by atoms with Gasteiger partial charge in [0.05, 0.1) is 31.7 Å². The fraction of sp³-hybridized carbons (Fsp3) is 0.550. The minimum Gasteiger partial charge on any atom is -0.466 e. The van der Waals surface area contributed by atoms with Gasteiger partial charge in [-0.25, -0.2) is 0 Å². The number of esters is 1. The van der Waals surface area contributed by atoms with E-state index >= 15 is 0 Å². The van der Waals surface area contributed by atoms with Crippen LogP contribution in [0.1, 0.15) is 32.3 Å². The summed E-state index contributed by atoms with van der Waals surface area (Å²) >= 11 is 0. The second-order valence-electron chi connectivity index (χ2n) is 6.87. The zero-order valence-corrected chi connectivity index (χ0v) is 15.6. The van der Waals surface area contributed by atoms with Gasteiger partial charge in [0.15, 0.2) is 12.3 Å². The second-order valence-corrected chi connectivity index (χ2v) is 6.87. The number of nitrogens with one attached hydrogen (secondary N) is 2. The number of piperidine rings is 1. The maximum atomic E-state index is 12.4. The Morgan fingerprint density at radius 3 is 2.42 bits per heavy atom. The lowest BCUT2D eigenvalue weighted by Gasteiger charge is -2.28. The molecule has 1 saturated heterocycles. The van der Waals surface area contributed by atoms with Gasteiger partial charge in [0.1, 0.15) is 0 Å². The van der Waals surface area contributed by atoms with E-state index in [1.165, 1.54) is 6.92 Å². The Bertz CT molecular complexity index is 609. The van der Waals surface area contributed by atoms with E-state index in [1.54, 1.807) is 0 Å². The Kier molecular flexibility index (Phi) is 7.78. The highest BCUT2D eigenvalue weighted by Gasteiger charge is 2.30. The topological polar surface area (TPSA) is 76.9 Å². The number of rotatable bonds is 8. The van der Waals surface area contributed by atoms with Gasteiger partial charge in [-0.2, -0.15) is 0 Å². The molecule has 0 spiro atoms. The smallest absolute Gasteiger partial charge is 0.309 e. The summed E-state index contributed by atoms with van der Waals surface area (Å²) in [4.78, 5) is 37.2. The molecule has 0 bridgehead atoms. The molecule has 142 valence electrons. The van der Waals surface area contributed by atoms with E-state index in [9.17, 15) is 14.4 Å². The maximum absolute atomic E-state index is 12.4. The number of hydrogen-bond acceptors (Lipinski definition) is 4. The van der Waals surface area contributed by atoms with Crippen LogP contribution in [0.4, 0.5) is 0 Å². The first-order chi connectivity index (χ1) is 12.5. The van der Waals surface area contributed by atoms with E-state index in [1.807, 2.05) is 37.3 Å². The maximum Gasteiger partial charge on any atom is 0.309 e. The highest BCUT2D eigenvalue weighted by molar-refractivity contribution is 5.88. The number of carbonyl (C=O) groups excluding carboxylic acids is 3. The zero-order chi connectivity index (χ0) is 18.9. The molecular formula is C20H29N2O4+. The number of benzene rings is 1. The van der Waals surface area contributed by atoms with Crippen molar-refractivity contribution in [2.24, 2.45) is 5.92 Å². The first-order valence-corrected chi connectivity index (χ1v) is 9.33. The van der Waals surface area contributed by atoms with Gasteiger partial charge in [0.25, 0.3) is 5.91 Å². The molecule has 0 saturated carbocycles. The van der Waals surface area contributed by atoms with Crippen LogP contribution in [0.25, 0.3) is 0 Å². The molecule has 0 aromatic heterocycles. The van der Waals surface area contributed by atoms with Gasteiger partial charge < -0.3 is 15.0 Å². The minimum atomic E-state index is -0.499. The standard InChI is InChI=1S/C20H28N2O4/c1-3-26-20(25)17-9-11-22(12-10-17)14-19(24)21-18(15(2)23)13-16-7-5-4-6-8-16/h4-8,17-18H,3,9-14H2,1-2H3,(H,21,24)/p+1/t18-/m0/s1. The summed E-state index contributed by atoms with van der Waals surface area (Å²) in [6.07, 6.45) is 1.98. The summed E-state index contributed by atoms with van der Waals surface area (Å²) in [6, 6.07) is 9.18. The van der Waals surface area contributed by atoms with E-state index in [0.717, 1.165) is 36.4 Å². The van der Waals surface area contributed by atoms with Crippen LogP contribution in [0.3, 0.4) is 0 Å². The average molecular weight is 361 g/mol. The Labute approximate surface area is 154 Å². The second kappa shape index (κ2) is 10.1. The van der Waals surface area contributed by atoms with Gasteiger partial charge in [0.2, 0.25) is 0 Å². The molecule has 1 fully saturated rings. The molecule has 0 aliphatic carbocycles. The van der Waals surface area contributed by atoms with Crippen molar-refractivity contribution < 1.29 is 24.0 Å². The monoisotopic (exact) mass is 361 g/mol. The predicted molar refractivity (Wildman–Crippen MR) is 97.7 cm³/mol. The van der Waals surface area contributed by atoms with E-state index < -0.39 is 6.04 Å². The number of quaternary nitrogens is 1. The molecule has 1 aliphatic rings. The molecule has 2 N–H and O–H groups in total. The van der Waals surface area contributed by atoms with Crippen molar-refractivity contribution in [3.8, 4) is 0 Å². The fourth-order valence-corrected chi connectivity index (χ4v) is 3.32. The summed E-state index contributed by atoms with van der Waals surface area (Å²) in [5.41, 5.74) is 1.02. The van der Waals surface area contributed by atoms with Crippen molar-refractivity contribution >= 4 is 17.7 Å². The molecule has 1 aliphatic heterocycles.